The van der Waals surface area contributed by atoms with Gasteiger partial charge in [-0.15, -0.1) is 0 Å². The van der Waals surface area contributed by atoms with Gasteiger partial charge in [-0.05, 0) is 164 Å². The summed E-state index contributed by atoms with van der Waals surface area (Å²) < 4.78 is 0. The molecule has 0 aromatic heterocycles. The van der Waals surface area contributed by atoms with Crippen LogP contribution in [0.15, 0.2) is 194 Å². The highest BCUT2D eigenvalue weighted by Crippen LogP contribution is 2.91. The maximum absolute atomic E-state index is 2.57. The third-order valence-corrected chi connectivity index (χ3v) is 14.6. The maximum atomic E-state index is 2.57. The van der Waals surface area contributed by atoms with Crippen molar-refractivity contribution < 1.29 is 0 Å². The third-order valence-electron chi connectivity index (χ3n) is 14.6. The highest BCUT2D eigenvalue weighted by molar-refractivity contribution is 5.94. The Hall–Kier alpha value is -6.18. The number of nitrogens with zero attached hydrogens (tertiary/aromatic N) is 1. The zero-order valence-corrected chi connectivity index (χ0v) is 31.4. The third kappa shape index (κ3) is 4.73. The Morgan fingerprint density at radius 3 is 1.23 bits per heavy atom. The van der Waals surface area contributed by atoms with Gasteiger partial charge in [-0.3, -0.25) is 0 Å². The van der Waals surface area contributed by atoms with Crippen LogP contribution in [0.25, 0.3) is 55.3 Å². The van der Waals surface area contributed by atoms with Crippen LogP contribution in [0.3, 0.4) is 0 Å². The summed E-state index contributed by atoms with van der Waals surface area (Å²) in [5, 5.41) is 2.82. The Labute approximate surface area is 329 Å². The molecule has 1 heteroatoms. The van der Waals surface area contributed by atoms with Crippen molar-refractivity contribution in [3.63, 3.8) is 0 Å². The Morgan fingerprint density at radius 1 is 0.357 bits per heavy atom. The first kappa shape index (κ1) is 32.1. The standard InChI is InChI=1S/C55H43N/c1-4-10-36(11-5-1)39-18-24-47(25-19-39)56(48-26-20-40(21-27-48)37-12-6-2-7-13-37)49-28-22-41(23-29-49)42-16-17-43-30-44(38-14-8-3-9-15-38)32-51(50(43)31-42)54-52-34-45-33-46-35-53(54)55(45,46)52/h1-32,45-46,52-54H,33-35H2. The summed E-state index contributed by atoms with van der Waals surface area (Å²) in [5.41, 5.74) is 15.9. The van der Waals surface area contributed by atoms with E-state index in [4.69, 9.17) is 0 Å². The van der Waals surface area contributed by atoms with Gasteiger partial charge in [-0.1, -0.05) is 146 Å². The first-order valence-electron chi connectivity index (χ1n) is 20.6. The summed E-state index contributed by atoms with van der Waals surface area (Å²) >= 11 is 0. The van der Waals surface area contributed by atoms with Crippen molar-refractivity contribution >= 4 is 27.8 Å². The topological polar surface area (TPSA) is 3.24 Å². The summed E-state index contributed by atoms with van der Waals surface area (Å²) in [6.45, 7) is 0. The molecule has 4 aliphatic rings. The Morgan fingerprint density at radius 2 is 0.768 bits per heavy atom. The second-order valence-electron chi connectivity index (χ2n) is 16.9. The first-order valence-corrected chi connectivity index (χ1v) is 20.6. The second kappa shape index (κ2) is 12.4. The van der Waals surface area contributed by atoms with Crippen molar-refractivity contribution in [2.75, 3.05) is 4.90 Å². The molecule has 12 rings (SSSR count). The summed E-state index contributed by atoms with van der Waals surface area (Å²) in [7, 11) is 0. The molecule has 56 heavy (non-hydrogen) atoms. The van der Waals surface area contributed by atoms with Gasteiger partial charge in [0.15, 0.2) is 0 Å². The van der Waals surface area contributed by atoms with Crippen molar-refractivity contribution in [3.8, 4) is 44.5 Å². The van der Waals surface area contributed by atoms with Crippen molar-refractivity contribution in [1.82, 2.24) is 0 Å². The predicted molar refractivity (Wildman–Crippen MR) is 233 cm³/mol. The fourth-order valence-corrected chi connectivity index (χ4v) is 12.0. The van der Waals surface area contributed by atoms with E-state index in [0.717, 1.165) is 46.1 Å². The van der Waals surface area contributed by atoms with Crippen LogP contribution in [0.1, 0.15) is 30.7 Å². The smallest absolute Gasteiger partial charge is 0.0462 e. The lowest BCUT2D eigenvalue weighted by atomic mass is 9.15. The van der Waals surface area contributed by atoms with E-state index in [-0.39, 0.29) is 0 Å². The van der Waals surface area contributed by atoms with Crippen LogP contribution >= 0.6 is 0 Å². The Bertz CT molecular complexity index is 2610. The highest BCUT2D eigenvalue weighted by Gasteiger charge is 2.84. The lowest BCUT2D eigenvalue weighted by Crippen LogP contribution is -2.82. The van der Waals surface area contributed by atoms with Gasteiger partial charge in [-0.25, -0.2) is 0 Å². The number of anilines is 3. The molecule has 268 valence electrons. The van der Waals surface area contributed by atoms with E-state index in [1.165, 1.54) is 74.5 Å². The molecule has 0 aliphatic heterocycles. The quantitative estimate of drug-likeness (QED) is 0.151. The average Bonchev–Trinajstić information content (AvgIpc) is 3.24. The SMILES string of the molecule is c1ccc(-c2ccc(N(c3ccc(-c4ccccc4)cc3)c3ccc(-c4ccc5cc(-c6ccccc6)cc(C6C7CC8CC9CC6C897)c5c4)cc3)cc2)cc1. The van der Waals surface area contributed by atoms with Gasteiger partial charge in [0.05, 0.1) is 0 Å². The fraction of sp³-hybridized carbons (Fsp3) is 0.164. The monoisotopic (exact) mass is 717 g/mol. The van der Waals surface area contributed by atoms with Crippen LogP contribution in [0, 0.1) is 29.1 Å². The van der Waals surface area contributed by atoms with Crippen LogP contribution in [-0.4, -0.2) is 0 Å². The van der Waals surface area contributed by atoms with Gasteiger partial charge in [0.2, 0.25) is 0 Å². The van der Waals surface area contributed by atoms with E-state index in [9.17, 15) is 0 Å². The van der Waals surface area contributed by atoms with E-state index in [2.05, 4.69) is 199 Å². The normalized spacial score (nSPS) is 23.8. The van der Waals surface area contributed by atoms with Gasteiger partial charge in [-0.2, -0.15) is 0 Å². The van der Waals surface area contributed by atoms with Crippen LogP contribution in [-0.2, 0) is 0 Å². The zero-order valence-electron chi connectivity index (χ0n) is 31.4. The van der Waals surface area contributed by atoms with Crippen molar-refractivity contribution in [2.24, 2.45) is 29.1 Å². The molecule has 1 spiro atoms. The molecule has 4 aliphatic carbocycles. The molecule has 4 saturated carbocycles. The van der Waals surface area contributed by atoms with Gasteiger partial charge in [0.25, 0.3) is 0 Å². The van der Waals surface area contributed by atoms with Crippen molar-refractivity contribution in [3.05, 3.63) is 200 Å². The molecule has 4 unspecified atom stereocenters. The maximum Gasteiger partial charge on any atom is 0.0462 e. The number of rotatable bonds is 8. The van der Waals surface area contributed by atoms with Gasteiger partial charge < -0.3 is 4.90 Å². The molecule has 4 fully saturated rings. The molecule has 0 N–H and O–H groups in total. The van der Waals surface area contributed by atoms with Crippen molar-refractivity contribution in [2.45, 2.75) is 25.2 Å². The molecule has 0 bridgehead atoms. The van der Waals surface area contributed by atoms with Crippen LogP contribution in [0.4, 0.5) is 17.1 Å². The number of benzene rings is 8. The molecule has 0 saturated heterocycles. The molecule has 8 aromatic carbocycles. The number of hydrogen-bond acceptors (Lipinski definition) is 1. The second-order valence-corrected chi connectivity index (χ2v) is 16.9. The summed E-state index contributed by atoms with van der Waals surface area (Å²) in [6.07, 6.45) is 4.42. The Kier molecular flexibility index (Phi) is 7.12. The minimum atomic E-state index is 0.710. The summed E-state index contributed by atoms with van der Waals surface area (Å²) in [4.78, 5) is 2.38. The molecule has 0 heterocycles. The lowest BCUT2D eigenvalue weighted by molar-refractivity contribution is -0.390. The molecular formula is C55H43N. The van der Waals surface area contributed by atoms with Gasteiger partial charge in [0, 0.05) is 17.1 Å². The van der Waals surface area contributed by atoms with Gasteiger partial charge in [0.1, 0.15) is 0 Å². The van der Waals surface area contributed by atoms with Crippen LogP contribution in [0.2, 0.25) is 0 Å². The van der Waals surface area contributed by atoms with E-state index < -0.39 is 0 Å². The number of hydrogen-bond donors (Lipinski definition) is 0. The average molecular weight is 718 g/mol. The first-order chi connectivity index (χ1) is 27.7. The van der Waals surface area contributed by atoms with Gasteiger partial charge >= 0.3 is 0 Å². The summed E-state index contributed by atoms with van der Waals surface area (Å²) in [5.74, 6) is 4.58. The van der Waals surface area contributed by atoms with Crippen molar-refractivity contribution in [1.29, 1.82) is 0 Å². The van der Waals surface area contributed by atoms with Crippen LogP contribution in [0.5, 0.6) is 0 Å². The Balaban J connectivity index is 0.914. The summed E-state index contributed by atoms with van der Waals surface area (Å²) in [6, 6.07) is 71.7. The largest absolute Gasteiger partial charge is 0.311 e. The van der Waals surface area contributed by atoms with E-state index in [1.54, 1.807) is 5.56 Å². The fourth-order valence-electron chi connectivity index (χ4n) is 12.0. The van der Waals surface area contributed by atoms with E-state index in [1.807, 2.05) is 0 Å². The minimum absolute atomic E-state index is 0.710. The molecule has 0 radical (unpaired) electrons. The molecule has 1 nitrogen and oxygen atoms in total. The van der Waals surface area contributed by atoms with E-state index >= 15 is 0 Å². The molecule has 4 atom stereocenters. The lowest BCUT2D eigenvalue weighted by Gasteiger charge is -2.89. The molecular weight excluding hydrogens is 675 g/mol. The molecule has 0 amide bonds. The zero-order chi connectivity index (χ0) is 36.8. The van der Waals surface area contributed by atoms with E-state index in [0.29, 0.717) is 5.92 Å². The predicted octanol–water partition coefficient (Wildman–Crippen LogP) is 14.7. The minimum Gasteiger partial charge on any atom is -0.311 e. The molecule has 8 aromatic rings. The highest BCUT2D eigenvalue weighted by atomic mass is 15.1. The number of fused-ring (bicyclic) bond motifs is 1. The van der Waals surface area contributed by atoms with Crippen LogP contribution < -0.4 is 4.90 Å².